The number of hydrogen-bond acceptors (Lipinski definition) is 5. The molecule has 1 aromatic carbocycles. The lowest BCUT2D eigenvalue weighted by Crippen LogP contribution is -2.46. The van der Waals surface area contributed by atoms with Gasteiger partial charge >= 0.3 is 5.97 Å². The number of Topliss-reactive ketones (excluding diaryl/α,β-unsaturated/α-hetero) is 1. The Kier molecular flexibility index (Phi) is 4.02. The SMILES string of the molecule is C[C@H](OC(=O)[C@H](C)N1C(=O)[C@@H]2[C@H]3C=C[C@@H]([C@@H]4C[C@@H]34)[C@@H]2C1=O)C(=O)c1ccccc1. The molecular weight excluding hydrogens is 370 g/mol. The van der Waals surface area contributed by atoms with Gasteiger partial charge in [-0.15, -0.1) is 0 Å². The molecule has 6 heteroatoms. The van der Waals surface area contributed by atoms with Gasteiger partial charge in [0.05, 0.1) is 11.8 Å². The Morgan fingerprint density at radius 3 is 2.07 bits per heavy atom. The molecule has 0 radical (unpaired) electrons. The van der Waals surface area contributed by atoms with E-state index >= 15 is 0 Å². The minimum atomic E-state index is -1.04. The largest absolute Gasteiger partial charge is 0.453 e. The zero-order valence-corrected chi connectivity index (χ0v) is 16.4. The molecule has 3 fully saturated rings. The summed E-state index contributed by atoms with van der Waals surface area (Å²) < 4.78 is 5.34. The van der Waals surface area contributed by atoms with Gasteiger partial charge in [0.15, 0.2) is 6.10 Å². The second kappa shape index (κ2) is 6.37. The van der Waals surface area contributed by atoms with Gasteiger partial charge in [-0.1, -0.05) is 42.5 Å². The van der Waals surface area contributed by atoms with Crippen LogP contribution in [0.15, 0.2) is 42.5 Å². The second-order valence-corrected chi connectivity index (χ2v) is 8.69. The summed E-state index contributed by atoms with van der Waals surface area (Å²) in [7, 11) is 0. The molecule has 0 N–H and O–H groups in total. The van der Waals surface area contributed by atoms with Gasteiger partial charge in [0, 0.05) is 5.56 Å². The summed E-state index contributed by atoms with van der Waals surface area (Å²) >= 11 is 0. The van der Waals surface area contributed by atoms with Crippen molar-refractivity contribution in [1.29, 1.82) is 0 Å². The molecule has 5 aliphatic rings. The number of imide groups is 1. The van der Waals surface area contributed by atoms with Crippen molar-refractivity contribution >= 4 is 23.6 Å². The number of ether oxygens (including phenoxy) is 1. The molecule has 2 saturated carbocycles. The summed E-state index contributed by atoms with van der Waals surface area (Å²) in [5.41, 5.74) is 0.446. The van der Waals surface area contributed by atoms with Gasteiger partial charge in [-0.3, -0.25) is 19.3 Å². The van der Waals surface area contributed by atoms with Crippen LogP contribution in [0.3, 0.4) is 0 Å². The van der Waals surface area contributed by atoms with Gasteiger partial charge in [0.1, 0.15) is 6.04 Å². The molecule has 150 valence electrons. The zero-order chi connectivity index (χ0) is 20.4. The molecule has 8 atom stereocenters. The topological polar surface area (TPSA) is 80.8 Å². The minimum Gasteiger partial charge on any atom is -0.453 e. The van der Waals surface area contributed by atoms with E-state index in [0.29, 0.717) is 17.4 Å². The highest BCUT2D eigenvalue weighted by atomic mass is 16.5. The van der Waals surface area contributed by atoms with Crippen LogP contribution in [0.4, 0.5) is 0 Å². The molecular formula is C23H23NO5. The molecule has 0 unspecified atom stereocenters. The average molecular weight is 393 g/mol. The van der Waals surface area contributed by atoms with Crippen LogP contribution >= 0.6 is 0 Å². The standard InChI is InChI=1S/C23H23NO5/c1-11(23(28)29-12(2)20(25)13-6-4-3-5-7-13)24-21(26)18-14-8-9-15(17-10-16(14)17)19(18)22(24)27/h3-9,11-12,14-19H,10H2,1-2H3/t11-,12-,14-,15-,16-,17-,18-,19+/m0/s1. The van der Waals surface area contributed by atoms with Gasteiger partial charge in [0.2, 0.25) is 17.6 Å². The van der Waals surface area contributed by atoms with E-state index in [1.807, 2.05) is 0 Å². The Labute approximate surface area is 168 Å². The summed E-state index contributed by atoms with van der Waals surface area (Å²) in [6.07, 6.45) is 4.29. The van der Waals surface area contributed by atoms with E-state index in [2.05, 4.69) is 12.2 Å². The van der Waals surface area contributed by atoms with Gasteiger partial charge in [0.25, 0.3) is 0 Å². The third-order valence-corrected chi connectivity index (χ3v) is 7.15. The Bertz CT molecular complexity index is 902. The van der Waals surface area contributed by atoms with Crippen LogP contribution in [0, 0.1) is 35.5 Å². The molecule has 1 saturated heterocycles. The predicted octanol–water partition coefficient (Wildman–Crippen LogP) is 2.24. The van der Waals surface area contributed by atoms with Crippen LogP contribution in [0.2, 0.25) is 0 Å². The number of benzene rings is 1. The van der Waals surface area contributed by atoms with Crippen LogP contribution in [-0.4, -0.2) is 40.6 Å². The quantitative estimate of drug-likeness (QED) is 0.332. The van der Waals surface area contributed by atoms with E-state index in [1.165, 1.54) is 13.8 Å². The number of likely N-dealkylation sites (tertiary alicyclic amines) is 1. The van der Waals surface area contributed by atoms with Crippen LogP contribution in [0.5, 0.6) is 0 Å². The number of hydrogen-bond donors (Lipinski definition) is 0. The summed E-state index contributed by atoms with van der Waals surface area (Å²) in [4.78, 5) is 52.4. The molecule has 2 bridgehead atoms. The summed E-state index contributed by atoms with van der Waals surface area (Å²) in [6, 6.07) is 7.54. The van der Waals surface area contributed by atoms with Gasteiger partial charge in [-0.05, 0) is 43.9 Å². The van der Waals surface area contributed by atoms with E-state index < -0.39 is 18.1 Å². The maximum absolute atomic E-state index is 13.1. The van der Waals surface area contributed by atoms with Crippen molar-refractivity contribution in [2.75, 3.05) is 0 Å². The molecule has 2 amide bonds. The average Bonchev–Trinajstić information content (AvgIpc) is 3.51. The molecule has 0 spiro atoms. The van der Waals surface area contributed by atoms with Gasteiger partial charge in [-0.25, -0.2) is 4.79 Å². The number of esters is 1. The number of amides is 2. The van der Waals surface area contributed by atoms with Crippen molar-refractivity contribution in [3.05, 3.63) is 48.0 Å². The first-order valence-electron chi connectivity index (χ1n) is 10.2. The van der Waals surface area contributed by atoms with Crippen LogP contribution in [0.25, 0.3) is 0 Å². The monoisotopic (exact) mass is 393 g/mol. The predicted molar refractivity (Wildman–Crippen MR) is 102 cm³/mol. The fourth-order valence-electron chi connectivity index (χ4n) is 5.63. The number of carbonyl (C=O) groups excluding carboxylic acids is 4. The van der Waals surface area contributed by atoms with Crippen molar-refractivity contribution < 1.29 is 23.9 Å². The fourth-order valence-corrected chi connectivity index (χ4v) is 5.63. The highest BCUT2D eigenvalue weighted by Gasteiger charge is 2.67. The Morgan fingerprint density at radius 2 is 1.52 bits per heavy atom. The fraction of sp³-hybridized carbons (Fsp3) is 0.478. The first-order chi connectivity index (χ1) is 13.9. The van der Waals surface area contributed by atoms with Crippen LogP contribution in [0.1, 0.15) is 30.6 Å². The molecule has 1 aliphatic heterocycles. The van der Waals surface area contributed by atoms with E-state index in [4.69, 9.17) is 4.74 Å². The van der Waals surface area contributed by atoms with Crippen molar-refractivity contribution in [2.45, 2.75) is 32.4 Å². The third-order valence-electron chi connectivity index (χ3n) is 7.15. The first-order valence-corrected chi connectivity index (χ1v) is 10.2. The molecule has 0 aromatic heterocycles. The van der Waals surface area contributed by atoms with Crippen molar-refractivity contribution in [3.8, 4) is 0 Å². The van der Waals surface area contributed by atoms with Crippen molar-refractivity contribution in [2.24, 2.45) is 35.5 Å². The Balaban J connectivity index is 1.30. The smallest absolute Gasteiger partial charge is 0.329 e. The van der Waals surface area contributed by atoms with E-state index in [0.717, 1.165) is 11.3 Å². The van der Waals surface area contributed by atoms with Crippen molar-refractivity contribution in [3.63, 3.8) is 0 Å². The Morgan fingerprint density at radius 1 is 0.966 bits per heavy atom. The number of nitrogens with zero attached hydrogens (tertiary/aromatic N) is 1. The number of ketones is 1. The lowest BCUT2D eigenvalue weighted by atomic mass is 9.63. The summed E-state index contributed by atoms with van der Waals surface area (Å²) in [5, 5.41) is 0. The zero-order valence-electron chi connectivity index (χ0n) is 16.4. The van der Waals surface area contributed by atoms with Gasteiger partial charge in [-0.2, -0.15) is 0 Å². The lowest BCUT2D eigenvalue weighted by molar-refractivity contribution is -0.160. The Hall–Kier alpha value is -2.76. The maximum atomic E-state index is 13.1. The minimum absolute atomic E-state index is 0.109. The third kappa shape index (κ3) is 2.61. The first kappa shape index (κ1) is 18.3. The van der Waals surface area contributed by atoms with E-state index in [-0.39, 0.29) is 41.3 Å². The molecule has 6 rings (SSSR count). The van der Waals surface area contributed by atoms with Crippen LogP contribution < -0.4 is 0 Å². The molecule has 1 aromatic rings. The number of allylic oxidation sites excluding steroid dienone is 2. The van der Waals surface area contributed by atoms with Crippen LogP contribution in [-0.2, 0) is 19.1 Å². The summed E-state index contributed by atoms with van der Waals surface area (Å²) in [5.74, 6) is -1.04. The molecule has 4 aliphatic carbocycles. The normalized spacial score (nSPS) is 35.7. The summed E-state index contributed by atoms with van der Waals surface area (Å²) in [6.45, 7) is 3.01. The lowest BCUT2D eigenvalue weighted by Gasteiger charge is -2.37. The van der Waals surface area contributed by atoms with Crippen molar-refractivity contribution in [1.82, 2.24) is 4.90 Å². The molecule has 6 nitrogen and oxygen atoms in total. The second-order valence-electron chi connectivity index (χ2n) is 8.69. The highest BCUT2D eigenvalue weighted by molar-refractivity contribution is 6.09. The molecule has 1 heterocycles. The highest BCUT2D eigenvalue weighted by Crippen LogP contribution is 2.65. The van der Waals surface area contributed by atoms with E-state index in [1.54, 1.807) is 30.3 Å². The number of carbonyl (C=O) groups is 4. The maximum Gasteiger partial charge on any atom is 0.329 e. The number of rotatable bonds is 5. The molecule has 29 heavy (non-hydrogen) atoms. The van der Waals surface area contributed by atoms with Gasteiger partial charge < -0.3 is 4.74 Å². The van der Waals surface area contributed by atoms with E-state index in [9.17, 15) is 19.2 Å².